The molecule has 3 rings (SSSR count). The van der Waals surface area contributed by atoms with Crippen molar-refractivity contribution in [3.63, 3.8) is 0 Å². The van der Waals surface area contributed by atoms with Gasteiger partial charge in [0.25, 0.3) is 0 Å². The summed E-state index contributed by atoms with van der Waals surface area (Å²) >= 11 is 0. The van der Waals surface area contributed by atoms with Crippen LogP contribution in [0.2, 0.25) is 0 Å². The maximum Gasteiger partial charge on any atom is 0.152 e. The van der Waals surface area contributed by atoms with Crippen molar-refractivity contribution in [2.45, 2.75) is 26.1 Å². The first kappa shape index (κ1) is 12.0. The summed E-state index contributed by atoms with van der Waals surface area (Å²) in [4.78, 5) is 2.13. The third kappa shape index (κ3) is 2.15. The maximum absolute atomic E-state index is 9.93. The van der Waals surface area contributed by atoms with Gasteiger partial charge in [0.1, 0.15) is 12.1 Å². The largest absolute Gasteiger partial charge is 0.507 e. The highest BCUT2D eigenvalue weighted by Crippen LogP contribution is 2.30. The van der Waals surface area contributed by atoms with Gasteiger partial charge in [0.05, 0.1) is 12.6 Å². The Morgan fingerprint density at radius 2 is 2.16 bits per heavy atom. The molecule has 0 radical (unpaired) electrons. The molecule has 6 heteroatoms. The van der Waals surface area contributed by atoms with Crippen LogP contribution in [0.5, 0.6) is 5.75 Å². The second-order valence-electron chi connectivity index (χ2n) is 4.78. The number of aromatic hydroxyl groups is 1. The van der Waals surface area contributed by atoms with E-state index in [4.69, 9.17) is 0 Å². The standard InChI is InChI=1S/C13H16N4O2/c1-9(18)11-3-2-10(6-12(11)19)16-4-5-17-8-14-15-13(17)7-16/h2-3,6,8-9,18-19H,4-5,7H2,1H3. The lowest BCUT2D eigenvalue weighted by atomic mass is 10.1. The molecule has 0 saturated carbocycles. The van der Waals surface area contributed by atoms with Crippen molar-refractivity contribution in [3.8, 4) is 5.75 Å². The van der Waals surface area contributed by atoms with Crippen LogP contribution < -0.4 is 4.90 Å². The molecule has 1 aromatic heterocycles. The van der Waals surface area contributed by atoms with Crippen LogP contribution in [0.1, 0.15) is 24.4 Å². The van der Waals surface area contributed by atoms with Crippen molar-refractivity contribution >= 4 is 5.69 Å². The number of fused-ring (bicyclic) bond motifs is 1. The molecule has 2 aromatic rings. The lowest BCUT2D eigenvalue weighted by Crippen LogP contribution is -2.33. The lowest BCUT2D eigenvalue weighted by Gasteiger charge is -2.29. The van der Waals surface area contributed by atoms with Gasteiger partial charge in [0.2, 0.25) is 0 Å². The van der Waals surface area contributed by atoms with Crippen molar-refractivity contribution in [2.75, 3.05) is 11.4 Å². The summed E-state index contributed by atoms with van der Waals surface area (Å²) in [7, 11) is 0. The average molecular weight is 260 g/mol. The second kappa shape index (κ2) is 4.55. The molecule has 0 fully saturated rings. The maximum atomic E-state index is 9.93. The van der Waals surface area contributed by atoms with E-state index < -0.39 is 6.10 Å². The van der Waals surface area contributed by atoms with E-state index in [0.717, 1.165) is 24.6 Å². The number of phenolic OH excluding ortho intramolecular Hbond substituents is 1. The monoisotopic (exact) mass is 260 g/mol. The van der Waals surface area contributed by atoms with Crippen LogP contribution in [0.3, 0.4) is 0 Å². The van der Waals surface area contributed by atoms with Gasteiger partial charge in [-0.15, -0.1) is 10.2 Å². The molecule has 6 nitrogen and oxygen atoms in total. The molecule has 1 atom stereocenters. The molecule has 1 unspecified atom stereocenters. The number of anilines is 1. The minimum absolute atomic E-state index is 0.125. The van der Waals surface area contributed by atoms with Crippen molar-refractivity contribution < 1.29 is 10.2 Å². The molecule has 2 N–H and O–H groups in total. The van der Waals surface area contributed by atoms with Gasteiger partial charge in [-0.05, 0) is 13.0 Å². The number of aliphatic hydroxyl groups excluding tert-OH is 1. The van der Waals surface area contributed by atoms with Gasteiger partial charge in [-0.1, -0.05) is 6.07 Å². The Morgan fingerprint density at radius 1 is 1.32 bits per heavy atom. The molecule has 2 heterocycles. The van der Waals surface area contributed by atoms with Crippen LogP contribution in [0.4, 0.5) is 5.69 Å². The summed E-state index contributed by atoms with van der Waals surface area (Å²) in [6.45, 7) is 3.99. The Morgan fingerprint density at radius 3 is 2.89 bits per heavy atom. The summed E-state index contributed by atoms with van der Waals surface area (Å²) in [6, 6.07) is 5.36. The molecule has 100 valence electrons. The summed E-state index contributed by atoms with van der Waals surface area (Å²) in [5.74, 6) is 1.05. The molecule has 19 heavy (non-hydrogen) atoms. The van der Waals surface area contributed by atoms with Crippen LogP contribution in [-0.4, -0.2) is 31.5 Å². The fourth-order valence-electron chi connectivity index (χ4n) is 2.37. The number of nitrogens with zero attached hydrogens (tertiary/aromatic N) is 4. The predicted octanol–water partition coefficient (Wildman–Crippen LogP) is 1.06. The Labute approximate surface area is 110 Å². The van der Waals surface area contributed by atoms with E-state index in [1.54, 1.807) is 25.4 Å². The van der Waals surface area contributed by atoms with Gasteiger partial charge < -0.3 is 19.7 Å². The molecular formula is C13H16N4O2. The average Bonchev–Trinajstić information content (AvgIpc) is 2.85. The van der Waals surface area contributed by atoms with Crippen molar-refractivity contribution in [3.05, 3.63) is 35.9 Å². The van der Waals surface area contributed by atoms with Gasteiger partial charge in [-0.2, -0.15) is 0 Å². The molecule has 0 saturated heterocycles. The highest BCUT2D eigenvalue weighted by molar-refractivity contribution is 5.54. The first-order chi connectivity index (χ1) is 9.15. The Bertz CT molecular complexity index is 594. The van der Waals surface area contributed by atoms with Gasteiger partial charge >= 0.3 is 0 Å². The van der Waals surface area contributed by atoms with Crippen molar-refractivity contribution in [1.82, 2.24) is 14.8 Å². The number of hydrogen-bond acceptors (Lipinski definition) is 5. The highest BCUT2D eigenvalue weighted by Gasteiger charge is 2.19. The smallest absolute Gasteiger partial charge is 0.152 e. The summed E-state index contributed by atoms with van der Waals surface area (Å²) in [5.41, 5.74) is 1.47. The van der Waals surface area contributed by atoms with E-state index in [9.17, 15) is 10.2 Å². The van der Waals surface area contributed by atoms with Crippen molar-refractivity contribution in [1.29, 1.82) is 0 Å². The third-order valence-electron chi connectivity index (χ3n) is 3.47. The molecule has 1 aromatic carbocycles. The fraction of sp³-hybridized carbons (Fsp3) is 0.385. The van der Waals surface area contributed by atoms with Gasteiger partial charge in [0, 0.05) is 30.4 Å². The predicted molar refractivity (Wildman–Crippen MR) is 69.8 cm³/mol. The number of rotatable bonds is 2. The molecule has 1 aliphatic heterocycles. The zero-order chi connectivity index (χ0) is 13.4. The lowest BCUT2D eigenvalue weighted by molar-refractivity contribution is 0.195. The van der Waals surface area contributed by atoms with E-state index in [0.29, 0.717) is 12.1 Å². The van der Waals surface area contributed by atoms with E-state index in [2.05, 4.69) is 15.1 Å². The quantitative estimate of drug-likeness (QED) is 0.844. The minimum atomic E-state index is -0.668. The topological polar surface area (TPSA) is 74.4 Å². The highest BCUT2D eigenvalue weighted by atomic mass is 16.3. The minimum Gasteiger partial charge on any atom is -0.507 e. The molecule has 0 spiro atoms. The summed E-state index contributed by atoms with van der Waals surface area (Å²) < 4.78 is 2.03. The van der Waals surface area contributed by atoms with Gasteiger partial charge in [-0.25, -0.2) is 0 Å². The van der Waals surface area contributed by atoms with Crippen LogP contribution in [-0.2, 0) is 13.1 Å². The number of benzene rings is 1. The van der Waals surface area contributed by atoms with Crippen LogP contribution in [0.25, 0.3) is 0 Å². The number of aliphatic hydroxyl groups is 1. The van der Waals surface area contributed by atoms with Gasteiger partial charge in [0.15, 0.2) is 5.82 Å². The molecule has 0 bridgehead atoms. The van der Waals surface area contributed by atoms with E-state index >= 15 is 0 Å². The first-order valence-electron chi connectivity index (χ1n) is 6.28. The van der Waals surface area contributed by atoms with Crippen molar-refractivity contribution in [2.24, 2.45) is 0 Å². The molecule has 0 aliphatic carbocycles. The number of phenols is 1. The van der Waals surface area contributed by atoms with E-state index in [-0.39, 0.29) is 5.75 Å². The molecular weight excluding hydrogens is 244 g/mol. The Hall–Kier alpha value is -2.08. The van der Waals surface area contributed by atoms with E-state index in [1.807, 2.05) is 10.6 Å². The number of aromatic nitrogens is 3. The summed E-state index contributed by atoms with van der Waals surface area (Å²) in [5, 5.41) is 27.4. The van der Waals surface area contributed by atoms with Crippen LogP contribution in [0.15, 0.2) is 24.5 Å². The third-order valence-corrected chi connectivity index (χ3v) is 3.47. The first-order valence-corrected chi connectivity index (χ1v) is 6.28. The Balaban J connectivity index is 1.86. The molecule has 1 aliphatic rings. The fourth-order valence-corrected chi connectivity index (χ4v) is 2.37. The van der Waals surface area contributed by atoms with Gasteiger partial charge in [-0.3, -0.25) is 0 Å². The van der Waals surface area contributed by atoms with Crippen LogP contribution >= 0.6 is 0 Å². The van der Waals surface area contributed by atoms with E-state index in [1.165, 1.54) is 0 Å². The second-order valence-corrected chi connectivity index (χ2v) is 4.78. The molecule has 0 amide bonds. The van der Waals surface area contributed by atoms with Crippen LogP contribution in [0, 0.1) is 0 Å². The zero-order valence-corrected chi connectivity index (χ0v) is 10.7. The number of hydrogen-bond donors (Lipinski definition) is 2. The SMILES string of the molecule is CC(O)c1ccc(N2CCn3cnnc3C2)cc1O. The normalized spacial score (nSPS) is 16.2. The zero-order valence-electron chi connectivity index (χ0n) is 10.7. The Kier molecular flexibility index (Phi) is 2.87. The summed E-state index contributed by atoms with van der Waals surface area (Å²) in [6.07, 6.45) is 1.07.